The number of carbonyl (C=O) groups is 1. The number of ether oxygens (including phenoxy) is 1. The Balaban J connectivity index is 3.18. The molecule has 4 nitrogen and oxygen atoms in total. The SMILES string of the molecule is CCOC(=O)c1ccc(=O)n(C(C)(C)C)c1. The highest BCUT2D eigenvalue weighted by Gasteiger charge is 2.16. The molecule has 1 aromatic heterocycles. The summed E-state index contributed by atoms with van der Waals surface area (Å²) in [5.74, 6) is -0.402. The third kappa shape index (κ3) is 2.72. The second kappa shape index (κ2) is 4.51. The maximum atomic E-state index is 11.6. The highest BCUT2D eigenvalue weighted by molar-refractivity contribution is 5.88. The van der Waals surface area contributed by atoms with E-state index in [9.17, 15) is 9.59 Å². The topological polar surface area (TPSA) is 48.3 Å². The number of aromatic nitrogens is 1. The summed E-state index contributed by atoms with van der Waals surface area (Å²) in [7, 11) is 0. The summed E-state index contributed by atoms with van der Waals surface area (Å²) in [6.07, 6.45) is 1.54. The van der Waals surface area contributed by atoms with Crippen LogP contribution >= 0.6 is 0 Å². The van der Waals surface area contributed by atoms with E-state index < -0.39 is 5.97 Å². The van der Waals surface area contributed by atoms with Gasteiger partial charge in [0, 0.05) is 17.8 Å². The predicted octanol–water partition coefficient (Wildman–Crippen LogP) is 1.78. The lowest BCUT2D eigenvalue weighted by molar-refractivity contribution is 0.0525. The van der Waals surface area contributed by atoms with Crippen molar-refractivity contribution < 1.29 is 9.53 Å². The van der Waals surface area contributed by atoms with Crippen molar-refractivity contribution in [3.63, 3.8) is 0 Å². The summed E-state index contributed by atoms with van der Waals surface area (Å²) in [5.41, 5.74) is -0.0727. The molecule has 0 spiro atoms. The second-order valence-corrected chi connectivity index (χ2v) is 4.52. The molecule has 4 heteroatoms. The molecular formula is C12H17NO3. The molecule has 0 aliphatic rings. The van der Waals surface area contributed by atoms with Crippen molar-refractivity contribution in [2.45, 2.75) is 33.2 Å². The van der Waals surface area contributed by atoms with Crippen molar-refractivity contribution in [3.05, 3.63) is 34.2 Å². The van der Waals surface area contributed by atoms with Crippen LogP contribution in [0.25, 0.3) is 0 Å². The van der Waals surface area contributed by atoms with Gasteiger partial charge in [0.05, 0.1) is 12.2 Å². The molecule has 0 unspecified atom stereocenters. The van der Waals surface area contributed by atoms with Crippen LogP contribution < -0.4 is 5.56 Å². The first kappa shape index (κ1) is 12.5. The minimum Gasteiger partial charge on any atom is -0.462 e. The Morgan fingerprint density at radius 1 is 1.38 bits per heavy atom. The fraction of sp³-hybridized carbons (Fsp3) is 0.500. The number of pyridine rings is 1. The largest absolute Gasteiger partial charge is 0.462 e. The fourth-order valence-electron chi connectivity index (χ4n) is 1.35. The zero-order valence-corrected chi connectivity index (χ0v) is 10.1. The van der Waals surface area contributed by atoms with Crippen LogP contribution in [-0.2, 0) is 10.3 Å². The van der Waals surface area contributed by atoms with Gasteiger partial charge in [-0.3, -0.25) is 4.79 Å². The van der Waals surface area contributed by atoms with Crippen molar-refractivity contribution >= 4 is 5.97 Å². The lowest BCUT2D eigenvalue weighted by Crippen LogP contribution is -2.33. The van der Waals surface area contributed by atoms with E-state index in [1.165, 1.54) is 16.7 Å². The zero-order chi connectivity index (χ0) is 12.3. The van der Waals surface area contributed by atoms with Crippen LogP contribution in [0.2, 0.25) is 0 Å². The maximum Gasteiger partial charge on any atom is 0.339 e. The Kier molecular flexibility index (Phi) is 3.52. The molecule has 0 aliphatic carbocycles. The lowest BCUT2D eigenvalue weighted by atomic mass is 10.1. The first-order chi connectivity index (χ1) is 7.36. The van der Waals surface area contributed by atoms with E-state index in [1.807, 2.05) is 20.8 Å². The average Bonchev–Trinajstić information content (AvgIpc) is 2.16. The first-order valence-corrected chi connectivity index (χ1v) is 5.26. The number of rotatable bonds is 2. The monoisotopic (exact) mass is 223 g/mol. The summed E-state index contributed by atoms with van der Waals surface area (Å²) in [6.45, 7) is 7.79. The summed E-state index contributed by atoms with van der Waals surface area (Å²) < 4.78 is 6.41. The molecule has 0 aliphatic heterocycles. The molecule has 1 rings (SSSR count). The summed E-state index contributed by atoms with van der Waals surface area (Å²) in [4.78, 5) is 23.1. The van der Waals surface area contributed by atoms with Crippen LogP contribution in [-0.4, -0.2) is 17.1 Å². The van der Waals surface area contributed by atoms with Crippen molar-refractivity contribution in [3.8, 4) is 0 Å². The van der Waals surface area contributed by atoms with Crippen LogP contribution in [0.15, 0.2) is 23.1 Å². The molecule has 0 radical (unpaired) electrons. The van der Waals surface area contributed by atoms with E-state index in [0.717, 1.165) is 0 Å². The molecule has 0 aromatic carbocycles. The molecule has 0 atom stereocenters. The third-order valence-electron chi connectivity index (χ3n) is 2.14. The fourth-order valence-corrected chi connectivity index (χ4v) is 1.35. The molecule has 0 saturated heterocycles. The number of esters is 1. The van der Waals surface area contributed by atoms with E-state index in [-0.39, 0.29) is 11.1 Å². The highest BCUT2D eigenvalue weighted by atomic mass is 16.5. The third-order valence-corrected chi connectivity index (χ3v) is 2.14. The molecule has 0 fully saturated rings. The minimum absolute atomic E-state index is 0.124. The van der Waals surface area contributed by atoms with Crippen molar-refractivity contribution in [2.24, 2.45) is 0 Å². The van der Waals surface area contributed by atoms with Gasteiger partial charge in [-0.25, -0.2) is 4.79 Å². The molecule has 0 amide bonds. The van der Waals surface area contributed by atoms with Gasteiger partial charge in [-0.15, -0.1) is 0 Å². The summed E-state index contributed by atoms with van der Waals surface area (Å²) in [6, 6.07) is 2.88. The van der Waals surface area contributed by atoms with E-state index >= 15 is 0 Å². The van der Waals surface area contributed by atoms with Gasteiger partial charge in [0.1, 0.15) is 0 Å². The van der Waals surface area contributed by atoms with Crippen molar-refractivity contribution in [2.75, 3.05) is 6.61 Å². The summed E-state index contributed by atoms with van der Waals surface area (Å²) >= 11 is 0. The van der Waals surface area contributed by atoms with Crippen LogP contribution in [0.4, 0.5) is 0 Å². The molecule has 0 bridgehead atoms. The minimum atomic E-state index is -0.402. The van der Waals surface area contributed by atoms with Gasteiger partial charge in [0.2, 0.25) is 0 Å². The van der Waals surface area contributed by atoms with Gasteiger partial charge in [-0.1, -0.05) is 0 Å². The van der Waals surface area contributed by atoms with Crippen LogP contribution in [0.1, 0.15) is 38.1 Å². The molecule has 0 N–H and O–H groups in total. The smallest absolute Gasteiger partial charge is 0.339 e. The molecule has 0 saturated carbocycles. The Morgan fingerprint density at radius 3 is 2.50 bits per heavy atom. The van der Waals surface area contributed by atoms with Gasteiger partial charge < -0.3 is 9.30 Å². The van der Waals surface area contributed by atoms with Gasteiger partial charge in [-0.2, -0.15) is 0 Å². The highest BCUT2D eigenvalue weighted by Crippen LogP contribution is 2.11. The van der Waals surface area contributed by atoms with E-state index in [0.29, 0.717) is 12.2 Å². The van der Waals surface area contributed by atoms with E-state index in [1.54, 1.807) is 13.1 Å². The van der Waals surface area contributed by atoms with Gasteiger partial charge in [-0.05, 0) is 33.8 Å². The van der Waals surface area contributed by atoms with Crippen LogP contribution in [0.5, 0.6) is 0 Å². The van der Waals surface area contributed by atoms with Gasteiger partial charge in [0.25, 0.3) is 5.56 Å². The van der Waals surface area contributed by atoms with E-state index in [2.05, 4.69) is 0 Å². The Hall–Kier alpha value is -1.58. The molecule has 1 heterocycles. The van der Waals surface area contributed by atoms with Gasteiger partial charge in [0.15, 0.2) is 0 Å². The van der Waals surface area contributed by atoms with Crippen molar-refractivity contribution in [1.29, 1.82) is 0 Å². The standard InChI is InChI=1S/C12H17NO3/c1-5-16-11(15)9-6-7-10(14)13(8-9)12(2,3)4/h6-8H,5H2,1-4H3. The zero-order valence-electron chi connectivity index (χ0n) is 10.1. The second-order valence-electron chi connectivity index (χ2n) is 4.52. The summed E-state index contributed by atoms with van der Waals surface area (Å²) in [5, 5.41) is 0. The number of nitrogens with zero attached hydrogens (tertiary/aromatic N) is 1. The van der Waals surface area contributed by atoms with Crippen LogP contribution in [0, 0.1) is 0 Å². The van der Waals surface area contributed by atoms with E-state index in [4.69, 9.17) is 4.74 Å². The normalized spacial score (nSPS) is 11.2. The number of carbonyl (C=O) groups excluding carboxylic acids is 1. The number of hydrogen-bond acceptors (Lipinski definition) is 3. The van der Waals surface area contributed by atoms with Gasteiger partial charge >= 0.3 is 5.97 Å². The Bertz CT molecular complexity index is 440. The molecular weight excluding hydrogens is 206 g/mol. The predicted molar refractivity (Wildman–Crippen MR) is 61.7 cm³/mol. The molecule has 16 heavy (non-hydrogen) atoms. The molecule has 1 aromatic rings. The number of hydrogen-bond donors (Lipinski definition) is 0. The average molecular weight is 223 g/mol. The quantitative estimate of drug-likeness (QED) is 0.718. The Labute approximate surface area is 94.9 Å². The maximum absolute atomic E-state index is 11.6. The van der Waals surface area contributed by atoms with Crippen LogP contribution in [0.3, 0.4) is 0 Å². The lowest BCUT2D eigenvalue weighted by Gasteiger charge is -2.22. The first-order valence-electron chi connectivity index (χ1n) is 5.26. The Morgan fingerprint density at radius 2 is 2.00 bits per heavy atom. The molecule has 88 valence electrons. The van der Waals surface area contributed by atoms with Crippen molar-refractivity contribution in [1.82, 2.24) is 4.57 Å².